The van der Waals surface area contributed by atoms with Gasteiger partial charge in [0.15, 0.2) is 0 Å². The van der Waals surface area contributed by atoms with Gasteiger partial charge in [-0.25, -0.2) is 4.98 Å². The van der Waals surface area contributed by atoms with Crippen LogP contribution in [0.5, 0.6) is 5.75 Å². The summed E-state index contributed by atoms with van der Waals surface area (Å²) in [4.78, 5) is 27.2. The first kappa shape index (κ1) is 20.5. The van der Waals surface area contributed by atoms with E-state index in [4.69, 9.17) is 4.74 Å². The van der Waals surface area contributed by atoms with E-state index >= 15 is 0 Å². The average Bonchev–Trinajstić information content (AvgIpc) is 3.17. The largest absolute Gasteiger partial charge is 0.497 e. The highest BCUT2D eigenvalue weighted by molar-refractivity contribution is 7.18. The van der Waals surface area contributed by atoms with Gasteiger partial charge in [0.25, 0.3) is 5.56 Å². The Morgan fingerprint density at radius 2 is 1.97 bits per heavy atom. The maximum atomic E-state index is 13.2. The van der Waals surface area contributed by atoms with Crippen molar-refractivity contribution in [3.8, 4) is 5.75 Å². The summed E-state index contributed by atoms with van der Waals surface area (Å²) in [5.41, 5.74) is 2.57. The molecule has 1 fully saturated rings. The lowest BCUT2D eigenvalue weighted by Gasteiger charge is -2.36. The summed E-state index contributed by atoms with van der Waals surface area (Å²) >= 11 is 1.68. The van der Waals surface area contributed by atoms with E-state index in [1.165, 1.54) is 16.1 Å². The zero-order valence-corrected chi connectivity index (χ0v) is 19.0. The molecule has 7 nitrogen and oxygen atoms in total. The summed E-state index contributed by atoms with van der Waals surface area (Å²) in [5.74, 6) is 0.893. The molecule has 2 aromatic heterocycles. The number of nitrogens with zero attached hydrogens (tertiary/aromatic N) is 5. The third kappa shape index (κ3) is 4.07. The molecule has 0 amide bonds. The topological polar surface area (TPSA) is 53.8 Å². The summed E-state index contributed by atoms with van der Waals surface area (Å²) in [5, 5.41) is 0.860. The minimum Gasteiger partial charge on any atom is -0.497 e. The van der Waals surface area contributed by atoms with Gasteiger partial charge in [-0.05, 0) is 31.2 Å². The second-order valence-electron chi connectivity index (χ2n) is 8.45. The Morgan fingerprint density at radius 1 is 1.13 bits per heavy atom. The summed E-state index contributed by atoms with van der Waals surface area (Å²) in [6, 6.07) is 8.25. The molecule has 0 radical (unpaired) electrons. The van der Waals surface area contributed by atoms with Crippen LogP contribution in [-0.4, -0.2) is 72.8 Å². The highest BCUT2D eigenvalue weighted by Gasteiger charge is 2.23. The lowest BCUT2D eigenvalue weighted by Crippen LogP contribution is -2.47. The molecule has 5 rings (SSSR count). The van der Waals surface area contributed by atoms with E-state index < -0.39 is 0 Å². The number of anilines is 1. The van der Waals surface area contributed by atoms with Crippen molar-refractivity contribution in [2.75, 3.05) is 58.3 Å². The van der Waals surface area contributed by atoms with Gasteiger partial charge < -0.3 is 14.5 Å². The van der Waals surface area contributed by atoms with Crippen LogP contribution in [0.3, 0.4) is 0 Å². The first-order valence-electron chi connectivity index (χ1n) is 10.9. The molecular formula is C23H29N5O2S. The van der Waals surface area contributed by atoms with E-state index in [0.29, 0.717) is 6.54 Å². The highest BCUT2D eigenvalue weighted by Crippen LogP contribution is 2.31. The lowest BCUT2D eigenvalue weighted by atomic mass is 10.1. The molecule has 0 atom stereocenters. The number of likely N-dealkylation sites (N-methyl/N-ethyl adjacent to an activating group) is 1. The van der Waals surface area contributed by atoms with Crippen LogP contribution in [0.25, 0.3) is 10.2 Å². The standard InChI is InChI=1S/C23H29N5O2S/c1-25-7-6-19-20(15-25)31-22-21(19)23(29)28(16-24-22)13-10-26-8-11-27(12-9-26)17-4-3-5-18(14-17)30-2/h3-5,14,16H,6-13,15H2,1-2H3. The van der Waals surface area contributed by atoms with E-state index in [0.717, 1.165) is 68.2 Å². The first-order chi connectivity index (χ1) is 15.1. The Morgan fingerprint density at radius 3 is 2.77 bits per heavy atom. The monoisotopic (exact) mass is 439 g/mol. The smallest absolute Gasteiger partial charge is 0.262 e. The fourth-order valence-electron chi connectivity index (χ4n) is 4.59. The number of methoxy groups -OCH3 is 1. The van der Waals surface area contributed by atoms with Gasteiger partial charge in [0.05, 0.1) is 18.8 Å². The van der Waals surface area contributed by atoms with Gasteiger partial charge in [-0.2, -0.15) is 0 Å². The van der Waals surface area contributed by atoms with Gasteiger partial charge in [-0.3, -0.25) is 14.3 Å². The maximum absolute atomic E-state index is 13.2. The molecule has 0 saturated carbocycles. The van der Waals surface area contributed by atoms with Gasteiger partial charge in [0.1, 0.15) is 10.6 Å². The molecule has 1 saturated heterocycles. The highest BCUT2D eigenvalue weighted by atomic mass is 32.1. The fraction of sp³-hybridized carbons (Fsp3) is 0.478. The van der Waals surface area contributed by atoms with Gasteiger partial charge in [0, 0.05) is 69.0 Å². The first-order valence-corrected chi connectivity index (χ1v) is 11.7. The zero-order chi connectivity index (χ0) is 21.4. The van der Waals surface area contributed by atoms with Gasteiger partial charge in [-0.15, -0.1) is 11.3 Å². The quantitative estimate of drug-likeness (QED) is 0.608. The van der Waals surface area contributed by atoms with Crippen LogP contribution >= 0.6 is 11.3 Å². The molecule has 0 aliphatic carbocycles. The third-order valence-corrected chi connectivity index (χ3v) is 7.59. The van der Waals surface area contributed by atoms with E-state index in [9.17, 15) is 4.79 Å². The normalized spacial score (nSPS) is 17.8. The minimum absolute atomic E-state index is 0.127. The van der Waals surface area contributed by atoms with Crippen molar-refractivity contribution in [3.05, 3.63) is 51.4 Å². The number of benzene rings is 1. The third-order valence-electron chi connectivity index (χ3n) is 6.47. The number of fused-ring (bicyclic) bond motifs is 3. The number of thiophene rings is 1. The number of piperazine rings is 1. The molecule has 0 spiro atoms. The number of hydrogen-bond donors (Lipinski definition) is 0. The Kier molecular flexibility index (Phi) is 5.69. The van der Waals surface area contributed by atoms with E-state index in [1.54, 1.807) is 24.8 Å². The van der Waals surface area contributed by atoms with Crippen molar-refractivity contribution >= 4 is 27.2 Å². The van der Waals surface area contributed by atoms with Crippen molar-refractivity contribution in [2.24, 2.45) is 0 Å². The average molecular weight is 440 g/mol. The Balaban J connectivity index is 1.24. The summed E-state index contributed by atoms with van der Waals surface area (Å²) in [6.07, 6.45) is 2.68. The molecule has 2 aliphatic heterocycles. The van der Waals surface area contributed by atoms with Crippen molar-refractivity contribution in [2.45, 2.75) is 19.5 Å². The number of hydrogen-bond acceptors (Lipinski definition) is 7. The van der Waals surface area contributed by atoms with Crippen LogP contribution in [0.4, 0.5) is 5.69 Å². The van der Waals surface area contributed by atoms with Crippen molar-refractivity contribution in [3.63, 3.8) is 0 Å². The summed E-state index contributed by atoms with van der Waals surface area (Å²) in [7, 11) is 3.84. The Hall–Kier alpha value is -2.42. The van der Waals surface area contributed by atoms with Crippen LogP contribution < -0.4 is 15.2 Å². The molecule has 4 heterocycles. The molecule has 2 aliphatic rings. The second-order valence-corrected chi connectivity index (χ2v) is 9.53. The van der Waals surface area contributed by atoms with Gasteiger partial charge >= 0.3 is 0 Å². The van der Waals surface area contributed by atoms with Crippen LogP contribution in [0, 0.1) is 0 Å². The van der Waals surface area contributed by atoms with E-state index in [-0.39, 0.29) is 5.56 Å². The van der Waals surface area contributed by atoms with Gasteiger partial charge in [-0.1, -0.05) is 6.07 Å². The van der Waals surface area contributed by atoms with E-state index in [2.05, 4.69) is 38.9 Å². The van der Waals surface area contributed by atoms with Crippen LogP contribution in [0.2, 0.25) is 0 Å². The number of ether oxygens (including phenoxy) is 1. The minimum atomic E-state index is 0.127. The van der Waals surface area contributed by atoms with Crippen molar-refractivity contribution < 1.29 is 4.74 Å². The lowest BCUT2D eigenvalue weighted by molar-refractivity contribution is 0.247. The molecule has 1 aromatic carbocycles. The maximum Gasteiger partial charge on any atom is 0.262 e. The summed E-state index contributed by atoms with van der Waals surface area (Å²) < 4.78 is 7.16. The SMILES string of the molecule is COc1cccc(N2CCN(CCn3cnc4sc5c(c4c3=O)CCN(C)C5)CC2)c1. The molecule has 0 bridgehead atoms. The molecule has 8 heteroatoms. The second kappa shape index (κ2) is 8.61. The van der Waals surface area contributed by atoms with Crippen LogP contribution in [-0.2, 0) is 19.5 Å². The Labute approximate surface area is 186 Å². The molecule has 31 heavy (non-hydrogen) atoms. The van der Waals surface area contributed by atoms with Gasteiger partial charge in [0.2, 0.25) is 0 Å². The molecule has 0 N–H and O–H groups in total. The van der Waals surface area contributed by atoms with Crippen LogP contribution in [0.15, 0.2) is 35.4 Å². The summed E-state index contributed by atoms with van der Waals surface area (Å²) in [6.45, 7) is 7.41. The molecule has 3 aromatic rings. The molecule has 0 unspecified atom stereocenters. The molecule has 164 valence electrons. The van der Waals surface area contributed by atoms with Crippen molar-refractivity contribution in [1.29, 1.82) is 0 Å². The van der Waals surface area contributed by atoms with Crippen molar-refractivity contribution in [1.82, 2.24) is 19.4 Å². The molecular weight excluding hydrogens is 410 g/mol. The predicted octanol–water partition coefficient (Wildman–Crippen LogP) is 2.28. The zero-order valence-electron chi connectivity index (χ0n) is 18.2. The van der Waals surface area contributed by atoms with E-state index in [1.807, 2.05) is 16.7 Å². The number of rotatable bonds is 5. The number of aromatic nitrogens is 2. The van der Waals surface area contributed by atoms with Crippen LogP contribution in [0.1, 0.15) is 10.4 Å². The Bertz CT molecular complexity index is 1130. The fourth-order valence-corrected chi connectivity index (χ4v) is 5.85. The predicted molar refractivity (Wildman–Crippen MR) is 126 cm³/mol.